The number of rotatable bonds is 2. The first-order valence-electron chi connectivity index (χ1n) is 3.27. The molecule has 1 fully saturated rings. The van der Waals surface area contributed by atoms with Crippen LogP contribution in [0.15, 0.2) is 0 Å². The molecule has 10 heavy (non-hydrogen) atoms. The van der Waals surface area contributed by atoms with Gasteiger partial charge in [0.1, 0.15) is 0 Å². The first-order chi connectivity index (χ1) is 4.33. The van der Waals surface area contributed by atoms with Gasteiger partial charge in [-0.2, -0.15) is 0 Å². The molecule has 4 heteroatoms. The summed E-state index contributed by atoms with van der Waals surface area (Å²) in [4.78, 5) is 10.6. The highest BCUT2D eigenvalue weighted by molar-refractivity contribution is 5.85. The third kappa shape index (κ3) is 2.54. The summed E-state index contributed by atoms with van der Waals surface area (Å²) in [5, 5.41) is 5.87. The van der Waals surface area contributed by atoms with Crippen LogP contribution in [0.3, 0.4) is 0 Å². The lowest BCUT2D eigenvalue weighted by molar-refractivity contribution is -0.119. The Kier molecular flexibility index (Phi) is 4.40. The van der Waals surface area contributed by atoms with Crippen molar-refractivity contribution in [1.29, 1.82) is 0 Å². The molecular formula is C6H13ClN2O. The molecule has 0 radical (unpaired) electrons. The van der Waals surface area contributed by atoms with E-state index in [1.54, 1.807) is 0 Å². The average Bonchev–Trinajstić information content (AvgIpc) is 2.17. The maximum absolute atomic E-state index is 10.6. The first-order valence-corrected chi connectivity index (χ1v) is 3.27. The second kappa shape index (κ2) is 4.52. The van der Waals surface area contributed by atoms with E-state index in [1.807, 2.05) is 7.05 Å². The van der Waals surface area contributed by atoms with Gasteiger partial charge in [0.2, 0.25) is 5.91 Å². The molecule has 0 aromatic carbocycles. The normalized spacial score (nSPS) is 23.7. The van der Waals surface area contributed by atoms with E-state index in [4.69, 9.17) is 0 Å². The van der Waals surface area contributed by atoms with E-state index >= 15 is 0 Å². The van der Waals surface area contributed by atoms with E-state index in [9.17, 15) is 4.79 Å². The van der Waals surface area contributed by atoms with E-state index in [-0.39, 0.29) is 18.3 Å². The van der Waals surface area contributed by atoms with Gasteiger partial charge < -0.3 is 10.6 Å². The van der Waals surface area contributed by atoms with Crippen molar-refractivity contribution in [3.63, 3.8) is 0 Å². The Bertz CT molecular complexity index is 118. The quantitative estimate of drug-likeness (QED) is 0.599. The van der Waals surface area contributed by atoms with Gasteiger partial charge in [0, 0.05) is 19.0 Å². The number of likely N-dealkylation sites (N-methyl/N-ethyl adjacent to an activating group) is 1. The van der Waals surface area contributed by atoms with Crippen molar-refractivity contribution < 1.29 is 4.79 Å². The van der Waals surface area contributed by atoms with Crippen LogP contribution in [0.25, 0.3) is 0 Å². The molecule has 3 nitrogen and oxygen atoms in total. The number of halogens is 1. The summed E-state index contributed by atoms with van der Waals surface area (Å²) in [6.07, 6.45) is 1.69. The summed E-state index contributed by atoms with van der Waals surface area (Å²) in [7, 11) is 1.89. The van der Waals surface area contributed by atoms with Gasteiger partial charge in [-0.05, 0) is 13.5 Å². The van der Waals surface area contributed by atoms with Gasteiger partial charge >= 0.3 is 0 Å². The molecule has 0 unspecified atom stereocenters. The fraction of sp³-hybridized carbons (Fsp3) is 0.833. The Hall–Kier alpha value is -0.280. The molecule has 1 atom stereocenters. The van der Waals surface area contributed by atoms with Crippen molar-refractivity contribution in [2.75, 3.05) is 13.6 Å². The van der Waals surface area contributed by atoms with Crippen molar-refractivity contribution in [3.05, 3.63) is 0 Å². The Balaban J connectivity index is 0.000000810. The third-order valence-corrected chi connectivity index (χ3v) is 1.54. The SMILES string of the molecule is CNC[C@@H]1CCC(=O)N1.Cl. The van der Waals surface area contributed by atoms with Crippen molar-refractivity contribution in [2.45, 2.75) is 18.9 Å². The molecule has 2 N–H and O–H groups in total. The summed E-state index contributed by atoms with van der Waals surface area (Å²) in [5.74, 6) is 0.190. The zero-order valence-corrected chi connectivity index (χ0v) is 6.83. The fourth-order valence-corrected chi connectivity index (χ4v) is 1.08. The van der Waals surface area contributed by atoms with Crippen molar-refractivity contribution in [3.8, 4) is 0 Å². The van der Waals surface area contributed by atoms with Crippen molar-refractivity contribution in [1.82, 2.24) is 10.6 Å². The number of nitrogens with one attached hydrogen (secondary N) is 2. The minimum absolute atomic E-state index is 0. The number of hydrogen-bond acceptors (Lipinski definition) is 2. The van der Waals surface area contributed by atoms with Gasteiger partial charge in [-0.1, -0.05) is 0 Å². The zero-order valence-electron chi connectivity index (χ0n) is 6.02. The number of carbonyl (C=O) groups excluding carboxylic acids is 1. The standard InChI is InChI=1S/C6H12N2O.ClH/c1-7-4-5-2-3-6(9)8-5;/h5,7H,2-4H2,1H3,(H,8,9);1H/t5-;/m0./s1. The fourth-order valence-electron chi connectivity index (χ4n) is 1.08. The van der Waals surface area contributed by atoms with Crippen LogP contribution in [0, 0.1) is 0 Å². The van der Waals surface area contributed by atoms with Crippen LogP contribution in [-0.2, 0) is 4.79 Å². The zero-order chi connectivity index (χ0) is 6.69. The third-order valence-electron chi connectivity index (χ3n) is 1.54. The Labute approximate surface area is 67.0 Å². The van der Waals surface area contributed by atoms with Gasteiger partial charge in [-0.25, -0.2) is 0 Å². The summed E-state index contributed by atoms with van der Waals surface area (Å²) in [6, 6.07) is 0.377. The Morgan fingerprint density at radius 1 is 1.80 bits per heavy atom. The predicted molar refractivity (Wildman–Crippen MR) is 42.3 cm³/mol. The molecule has 1 amide bonds. The molecule has 0 saturated carbocycles. The molecule has 1 rings (SSSR count). The highest BCUT2D eigenvalue weighted by Crippen LogP contribution is 2.04. The minimum atomic E-state index is 0. The molecule has 0 spiro atoms. The summed E-state index contributed by atoms with van der Waals surface area (Å²) in [6.45, 7) is 0.895. The van der Waals surface area contributed by atoms with Crippen LogP contribution in [0.2, 0.25) is 0 Å². The molecule has 0 aliphatic carbocycles. The van der Waals surface area contributed by atoms with E-state index in [0.717, 1.165) is 13.0 Å². The maximum atomic E-state index is 10.6. The van der Waals surface area contributed by atoms with Crippen molar-refractivity contribution >= 4 is 18.3 Å². The lowest BCUT2D eigenvalue weighted by Crippen LogP contribution is -2.33. The van der Waals surface area contributed by atoms with Crippen LogP contribution < -0.4 is 10.6 Å². The topological polar surface area (TPSA) is 41.1 Å². The van der Waals surface area contributed by atoms with E-state index < -0.39 is 0 Å². The Morgan fingerprint density at radius 3 is 2.90 bits per heavy atom. The van der Waals surface area contributed by atoms with Gasteiger partial charge in [-0.3, -0.25) is 4.79 Å². The van der Waals surface area contributed by atoms with Crippen LogP contribution in [0.5, 0.6) is 0 Å². The maximum Gasteiger partial charge on any atom is 0.220 e. The summed E-state index contributed by atoms with van der Waals surface area (Å²) >= 11 is 0. The molecule has 1 saturated heterocycles. The average molecular weight is 165 g/mol. The van der Waals surface area contributed by atoms with E-state index in [0.29, 0.717) is 12.5 Å². The lowest BCUT2D eigenvalue weighted by Gasteiger charge is -2.06. The second-order valence-electron chi connectivity index (χ2n) is 2.36. The molecule has 1 aliphatic rings. The van der Waals surface area contributed by atoms with Gasteiger partial charge in [0.25, 0.3) is 0 Å². The van der Waals surface area contributed by atoms with Gasteiger partial charge in [0.15, 0.2) is 0 Å². The van der Waals surface area contributed by atoms with Gasteiger partial charge in [0.05, 0.1) is 0 Å². The highest BCUT2D eigenvalue weighted by atomic mass is 35.5. The molecule has 60 valence electrons. The smallest absolute Gasteiger partial charge is 0.220 e. The summed E-state index contributed by atoms with van der Waals surface area (Å²) < 4.78 is 0. The highest BCUT2D eigenvalue weighted by Gasteiger charge is 2.18. The van der Waals surface area contributed by atoms with E-state index in [1.165, 1.54) is 0 Å². The largest absolute Gasteiger partial charge is 0.352 e. The molecule has 1 heterocycles. The Morgan fingerprint density at radius 2 is 2.50 bits per heavy atom. The van der Waals surface area contributed by atoms with Gasteiger partial charge in [-0.15, -0.1) is 12.4 Å². The molecular weight excluding hydrogens is 152 g/mol. The summed E-state index contributed by atoms with van der Waals surface area (Å²) in [5.41, 5.74) is 0. The molecule has 0 aromatic rings. The van der Waals surface area contributed by atoms with E-state index in [2.05, 4.69) is 10.6 Å². The van der Waals surface area contributed by atoms with Crippen LogP contribution >= 0.6 is 12.4 Å². The number of carbonyl (C=O) groups is 1. The molecule has 0 bridgehead atoms. The lowest BCUT2D eigenvalue weighted by atomic mass is 10.2. The number of amides is 1. The number of hydrogen-bond donors (Lipinski definition) is 2. The second-order valence-corrected chi connectivity index (χ2v) is 2.36. The minimum Gasteiger partial charge on any atom is -0.352 e. The van der Waals surface area contributed by atoms with Crippen LogP contribution in [0.4, 0.5) is 0 Å². The predicted octanol–water partition coefficient (Wildman–Crippen LogP) is -0.0938. The molecule has 0 aromatic heterocycles. The molecule has 1 aliphatic heterocycles. The van der Waals surface area contributed by atoms with Crippen LogP contribution in [-0.4, -0.2) is 25.5 Å². The van der Waals surface area contributed by atoms with Crippen LogP contribution in [0.1, 0.15) is 12.8 Å². The van der Waals surface area contributed by atoms with Crippen molar-refractivity contribution in [2.24, 2.45) is 0 Å². The first kappa shape index (κ1) is 9.72. The monoisotopic (exact) mass is 164 g/mol.